The molecule has 0 bridgehead atoms. The van der Waals surface area contributed by atoms with Crippen LogP contribution in [0.5, 0.6) is 0 Å². The van der Waals surface area contributed by atoms with Crippen LogP contribution in [-0.2, 0) is 0 Å². The van der Waals surface area contributed by atoms with Gasteiger partial charge in [-0.3, -0.25) is 0 Å². The molecule has 17 heavy (non-hydrogen) atoms. The Morgan fingerprint density at radius 1 is 0.588 bits per heavy atom. The van der Waals surface area contributed by atoms with Gasteiger partial charge in [-0.05, 0) is 24.3 Å². The lowest BCUT2D eigenvalue weighted by Crippen LogP contribution is -1.92. The van der Waals surface area contributed by atoms with Crippen LogP contribution in [0.4, 0.5) is 22.7 Å². The summed E-state index contributed by atoms with van der Waals surface area (Å²) in [7, 11) is 0. The molecule has 0 aliphatic rings. The highest BCUT2D eigenvalue weighted by molar-refractivity contribution is 6.22. The summed E-state index contributed by atoms with van der Waals surface area (Å²) in [4.78, 5) is 3.19. The minimum absolute atomic E-state index is 0.629. The van der Waals surface area contributed by atoms with Crippen molar-refractivity contribution in [2.45, 2.75) is 0 Å². The molecule has 5 nitrogen and oxygen atoms in total. The zero-order valence-electron chi connectivity index (χ0n) is 9.12. The minimum atomic E-state index is 0.629. The smallest absolute Gasteiger partial charge is 0.0720 e. The first-order valence-electron chi connectivity index (χ1n) is 5.23. The average Bonchev–Trinajstić information content (AvgIpc) is 2.71. The fourth-order valence-corrected chi connectivity index (χ4v) is 2.20. The highest BCUT2D eigenvalue weighted by Gasteiger charge is 2.13. The molecule has 0 fully saturated rings. The van der Waals surface area contributed by atoms with Gasteiger partial charge in [-0.15, -0.1) is 0 Å². The van der Waals surface area contributed by atoms with Gasteiger partial charge in [0.15, 0.2) is 0 Å². The van der Waals surface area contributed by atoms with Gasteiger partial charge in [0.2, 0.25) is 0 Å². The molecule has 0 atom stereocenters. The summed E-state index contributed by atoms with van der Waals surface area (Å²) >= 11 is 0. The maximum Gasteiger partial charge on any atom is 0.0720 e. The quantitative estimate of drug-likeness (QED) is 0.375. The van der Waals surface area contributed by atoms with Crippen molar-refractivity contribution in [3.8, 4) is 0 Å². The summed E-state index contributed by atoms with van der Waals surface area (Å²) in [6, 6.07) is 7.07. The lowest BCUT2D eigenvalue weighted by atomic mass is 10.1. The SMILES string of the molecule is Nc1ccc(N)c2c1[nH]c1c(N)ccc(N)c12. The number of anilines is 4. The molecule has 3 aromatic rings. The van der Waals surface area contributed by atoms with E-state index in [0.29, 0.717) is 22.7 Å². The van der Waals surface area contributed by atoms with Crippen LogP contribution in [0.25, 0.3) is 21.8 Å². The second-order valence-electron chi connectivity index (χ2n) is 4.11. The van der Waals surface area contributed by atoms with Gasteiger partial charge in [0.25, 0.3) is 0 Å². The van der Waals surface area contributed by atoms with E-state index in [4.69, 9.17) is 22.9 Å². The molecule has 0 spiro atoms. The lowest BCUT2D eigenvalue weighted by molar-refractivity contribution is 1.54. The molecule has 2 aromatic carbocycles. The Hall–Kier alpha value is -2.56. The number of nitrogen functional groups attached to an aromatic ring is 4. The van der Waals surface area contributed by atoms with Crippen LogP contribution in [-0.4, -0.2) is 4.98 Å². The lowest BCUT2D eigenvalue weighted by Gasteiger charge is -2.02. The zero-order chi connectivity index (χ0) is 12.2. The molecule has 3 rings (SSSR count). The third-order valence-electron chi connectivity index (χ3n) is 3.04. The average molecular weight is 227 g/mol. The molecule has 0 amide bonds. The Balaban J connectivity index is 2.69. The first-order valence-corrected chi connectivity index (χ1v) is 5.23. The van der Waals surface area contributed by atoms with Gasteiger partial charge in [0, 0.05) is 22.1 Å². The molecule has 9 N–H and O–H groups in total. The Bertz CT molecular complexity index is 679. The van der Waals surface area contributed by atoms with E-state index in [1.54, 1.807) is 24.3 Å². The number of fused-ring (bicyclic) bond motifs is 3. The van der Waals surface area contributed by atoms with Crippen LogP contribution in [0.2, 0.25) is 0 Å². The molecular weight excluding hydrogens is 214 g/mol. The highest BCUT2D eigenvalue weighted by Crippen LogP contribution is 2.38. The number of aromatic nitrogens is 1. The third-order valence-corrected chi connectivity index (χ3v) is 3.04. The molecule has 0 unspecified atom stereocenters. The summed E-state index contributed by atoms with van der Waals surface area (Å²) < 4.78 is 0. The van der Waals surface area contributed by atoms with E-state index >= 15 is 0 Å². The second-order valence-corrected chi connectivity index (χ2v) is 4.11. The molecule has 0 saturated carbocycles. The monoisotopic (exact) mass is 227 g/mol. The maximum atomic E-state index is 5.98. The molecule has 0 radical (unpaired) electrons. The van der Waals surface area contributed by atoms with Gasteiger partial charge in [0.1, 0.15) is 0 Å². The highest BCUT2D eigenvalue weighted by atomic mass is 14.8. The topological polar surface area (TPSA) is 120 Å². The van der Waals surface area contributed by atoms with Crippen LogP contribution in [0.1, 0.15) is 0 Å². The summed E-state index contributed by atoms with van der Waals surface area (Å²) in [6.07, 6.45) is 0. The van der Waals surface area contributed by atoms with Crippen molar-refractivity contribution in [3.05, 3.63) is 24.3 Å². The molecule has 0 aliphatic heterocycles. The van der Waals surface area contributed by atoms with E-state index in [1.807, 2.05) is 0 Å². The fourth-order valence-electron chi connectivity index (χ4n) is 2.20. The summed E-state index contributed by atoms with van der Waals surface area (Å²) in [5.74, 6) is 0. The molecule has 1 heterocycles. The largest absolute Gasteiger partial charge is 0.398 e. The van der Waals surface area contributed by atoms with E-state index in [2.05, 4.69) is 4.98 Å². The van der Waals surface area contributed by atoms with Gasteiger partial charge >= 0.3 is 0 Å². The molecule has 0 aliphatic carbocycles. The number of nitrogens with two attached hydrogens (primary N) is 4. The summed E-state index contributed by atoms with van der Waals surface area (Å²) in [5, 5.41) is 1.68. The van der Waals surface area contributed by atoms with E-state index in [-0.39, 0.29) is 0 Å². The number of hydrogen-bond donors (Lipinski definition) is 5. The molecule has 0 saturated heterocycles. The van der Waals surface area contributed by atoms with Gasteiger partial charge in [-0.1, -0.05) is 0 Å². The molecular formula is C12H13N5. The first kappa shape index (κ1) is 9.65. The van der Waals surface area contributed by atoms with Crippen molar-refractivity contribution in [3.63, 3.8) is 0 Å². The van der Waals surface area contributed by atoms with Crippen molar-refractivity contribution >= 4 is 44.6 Å². The van der Waals surface area contributed by atoms with Gasteiger partial charge in [0.05, 0.1) is 22.4 Å². The Labute approximate surface area is 97.4 Å². The third kappa shape index (κ3) is 1.13. The van der Waals surface area contributed by atoms with Crippen molar-refractivity contribution in [1.29, 1.82) is 0 Å². The van der Waals surface area contributed by atoms with E-state index in [1.165, 1.54) is 0 Å². The Morgan fingerprint density at radius 2 is 0.941 bits per heavy atom. The number of aromatic amines is 1. The van der Waals surface area contributed by atoms with E-state index in [0.717, 1.165) is 21.8 Å². The van der Waals surface area contributed by atoms with Crippen molar-refractivity contribution in [1.82, 2.24) is 4.98 Å². The van der Waals surface area contributed by atoms with Gasteiger partial charge in [-0.2, -0.15) is 0 Å². The van der Waals surface area contributed by atoms with Crippen molar-refractivity contribution in [2.75, 3.05) is 22.9 Å². The van der Waals surface area contributed by atoms with Crippen LogP contribution in [0.3, 0.4) is 0 Å². The predicted molar refractivity (Wildman–Crippen MR) is 73.5 cm³/mol. The molecule has 1 aromatic heterocycles. The number of benzene rings is 2. The molecule has 86 valence electrons. The van der Waals surface area contributed by atoms with Crippen molar-refractivity contribution in [2.24, 2.45) is 0 Å². The predicted octanol–water partition coefficient (Wildman–Crippen LogP) is 1.65. The number of H-pyrrole nitrogens is 1. The number of hydrogen-bond acceptors (Lipinski definition) is 4. The normalized spacial score (nSPS) is 11.3. The number of rotatable bonds is 0. The van der Waals surface area contributed by atoms with E-state index in [9.17, 15) is 0 Å². The van der Waals surface area contributed by atoms with Crippen LogP contribution in [0.15, 0.2) is 24.3 Å². The summed E-state index contributed by atoms with van der Waals surface area (Å²) in [5.41, 5.74) is 27.9. The molecule has 5 heteroatoms. The summed E-state index contributed by atoms with van der Waals surface area (Å²) in [6.45, 7) is 0. The van der Waals surface area contributed by atoms with Crippen LogP contribution >= 0.6 is 0 Å². The Kier molecular flexibility index (Phi) is 1.69. The maximum absolute atomic E-state index is 5.98. The van der Waals surface area contributed by atoms with E-state index < -0.39 is 0 Å². The van der Waals surface area contributed by atoms with Crippen LogP contribution < -0.4 is 22.9 Å². The van der Waals surface area contributed by atoms with Crippen LogP contribution in [0, 0.1) is 0 Å². The van der Waals surface area contributed by atoms with Gasteiger partial charge in [-0.25, -0.2) is 0 Å². The second kappa shape index (κ2) is 2.98. The minimum Gasteiger partial charge on any atom is -0.398 e. The zero-order valence-corrected chi connectivity index (χ0v) is 9.12. The van der Waals surface area contributed by atoms with Gasteiger partial charge < -0.3 is 27.9 Å². The standard InChI is InChI=1S/C12H13N5/c13-5-1-3-7(15)11-9(5)10-6(14)2-4-8(16)12(10)17-11/h1-4,17H,13-16H2. The van der Waals surface area contributed by atoms with Crippen molar-refractivity contribution < 1.29 is 0 Å². The fraction of sp³-hybridized carbons (Fsp3) is 0. The first-order chi connectivity index (χ1) is 8.09. The number of nitrogens with one attached hydrogen (secondary N) is 1. The Morgan fingerprint density at radius 3 is 1.35 bits per heavy atom.